The van der Waals surface area contributed by atoms with Crippen LogP contribution in [0.15, 0.2) is 70.5 Å². The number of hydrogen-bond donors (Lipinski definition) is 1. The molecule has 1 amide bonds. The largest absolute Gasteiger partial charge is 0.450 e. The molecule has 1 N–H and O–H groups in total. The van der Waals surface area contributed by atoms with E-state index in [-0.39, 0.29) is 17.5 Å². The number of para-hydroxylation sites is 1. The van der Waals surface area contributed by atoms with Crippen LogP contribution in [0.4, 0.5) is 5.69 Å². The van der Waals surface area contributed by atoms with E-state index < -0.39 is 0 Å². The Labute approximate surface area is 158 Å². The van der Waals surface area contributed by atoms with Gasteiger partial charge in [0.1, 0.15) is 5.58 Å². The molecule has 2 aromatic carbocycles. The van der Waals surface area contributed by atoms with Gasteiger partial charge < -0.3 is 9.73 Å². The molecule has 4 nitrogen and oxygen atoms in total. The number of hydrogen-bond acceptors (Lipinski definition) is 4. The summed E-state index contributed by atoms with van der Waals surface area (Å²) in [5, 5.41) is 5.86. The van der Waals surface area contributed by atoms with Crippen molar-refractivity contribution >= 4 is 51.3 Å². The fourth-order valence-corrected chi connectivity index (χ4v) is 3.42. The number of halogens is 1. The van der Waals surface area contributed by atoms with Gasteiger partial charge in [0.05, 0.1) is 10.6 Å². The van der Waals surface area contributed by atoms with Crippen molar-refractivity contribution in [2.24, 2.45) is 0 Å². The summed E-state index contributed by atoms with van der Waals surface area (Å²) in [7, 11) is 0. The molecule has 0 aliphatic rings. The SMILES string of the molecule is O=C(Nc1c(C(=O)c2cccs2)oc2ccccc12)c1ccc(Cl)cc1. The van der Waals surface area contributed by atoms with E-state index in [2.05, 4.69) is 5.32 Å². The van der Waals surface area contributed by atoms with Gasteiger partial charge in [0, 0.05) is 16.0 Å². The standard InChI is InChI=1S/C20H12ClNO3S/c21-13-9-7-12(8-10-13)20(24)22-17-14-4-1-2-5-15(14)25-19(17)18(23)16-6-3-11-26-16/h1-11H,(H,22,24). The number of amides is 1. The van der Waals surface area contributed by atoms with E-state index in [0.717, 1.165) is 0 Å². The molecule has 4 aromatic rings. The van der Waals surface area contributed by atoms with Crippen LogP contribution in [0.1, 0.15) is 25.8 Å². The van der Waals surface area contributed by atoms with Crippen molar-refractivity contribution in [1.82, 2.24) is 0 Å². The molecule has 4 rings (SSSR count). The van der Waals surface area contributed by atoms with E-state index in [1.807, 2.05) is 23.6 Å². The molecule has 26 heavy (non-hydrogen) atoms. The van der Waals surface area contributed by atoms with Crippen molar-refractivity contribution in [2.45, 2.75) is 0 Å². The van der Waals surface area contributed by atoms with Gasteiger partial charge in [-0.05, 0) is 47.8 Å². The molecular formula is C20H12ClNO3S. The molecule has 0 aliphatic heterocycles. The normalized spacial score (nSPS) is 10.8. The lowest BCUT2D eigenvalue weighted by Gasteiger charge is -2.06. The maximum absolute atomic E-state index is 12.8. The van der Waals surface area contributed by atoms with Crippen molar-refractivity contribution in [1.29, 1.82) is 0 Å². The minimum atomic E-state index is -0.339. The molecule has 0 unspecified atom stereocenters. The summed E-state index contributed by atoms with van der Waals surface area (Å²) in [5.41, 5.74) is 1.35. The number of furan rings is 1. The number of anilines is 1. The molecule has 0 bridgehead atoms. The molecule has 2 heterocycles. The van der Waals surface area contributed by atoms with Crippen LogP contribution in [0.25, 0.3) is 11.0 Å². The van der Waals surface area contributed by atoms with Crippen LogP contribution in [0.3, 0.4) is 0 Å². The zero-order chi connectivity index (χ0) is 18.1. The summed E-state index contributed by atoms with van der Waals surface area (Å²) in [5.74, 6) is -0.480. The molecule has 0 aliphatic carbocycles. The number of nitrogens with one attached hydrogen (secondary N) is 1. The number of carbonyl (C=O) groups excluding carboxylic acids is 2. The van der Waals surface area contributed by atoms with Gasteiger partial charge in [-0.25, -0.2) is 0 Å². The topological polar surface area (TPSA) is 59.3 Å². The first-order valence-corrected chi connectivity index (χ1v) is 9.06. The number of thiophene rings is 1. The Kier molecular flexibility index (Phi) is 4.32. The van der Waals surface area contributed by atoms with Gasteiger partial charge in [0.25, 0.3) is 5.91 Å². The van der Waals surface area contributed by atoms with Crippen LogP contribution in [-0.4, -0.2) is 11.7 Å². The molecule has 0 fully saturated rings. The van der Waals surface area contributed by atoms with Crippen molar-refractivity contribution in [2.75, 3.05) is 5.32 Å². The molecular weight excluding hydrogens is 370 g/mol. The lowest BCUT2D eigenvalue weighted by Crippen LogP contribution is -2.14. The zero-order valence-electron chi connectivity index (χ0n) is 13.4. The Bertz CT molecular complexity index is 1100. The van der Waals surface area contributed by atoms with Gasteiger partial charge in [-0.2, -0.15) is 0 Å². The van der Waals surface area contributed by atoms with Crippen LogP contribution in [-0.2, 0) is 0 Å². The van der Waals surface area contributed by atoms with E-state index in [1.165, 1.54) is 11.3 Å². The molecule has 0 spiro atoms. The van der Waals surface area contributed by atoms with Gasteiger partial charge in [-0.3, -0.25) is 9.59 Å². The Hall–Kier alpha value is -2.89. The third-order valence-corrected chi connectivity index (χ3v) is 5.01. The van der Waals surface area contributed by atoms with E-state index in [0.29, 0.717) is 32.1 Å². The number of carbonyl (C=O) groups is 2. The summed E-state index contributed by atoms with van der Waals surface area (Å²) >= 11 is 7.20. The first-order chi connectivity index (χ1) is 12.6. The van der Waals surface area contributed by atoms with Gasteiger partial charge in [0.2, 0.25) is 5.78 Å². The quantitative estimate of drug-likeness (QED) is 0.466. The molecule has 6 heteroatoms. The number of benzene rings is 2. The van der Waals surface area contributed by atoms with Gasteiger partial charge in [-0.1, -0.05) is 29.8 Å². The van der Waals surface area contributed by atoms with Crippen molar-refractivity contribution < 1.29 is 14.0 Å². The second kappa shape index (κ2) is 6.78. The lowest BCUT2D eigenvalue weighted by atomic mass is 10.1. The van der Waals surface area contributed by atoms with Crippen LogP contribution in [0.2, 0.25) is 5.02 Å². The minimum Gasteiger partial charge on any atom is -0.450 e. The number of fused-ring (bicyclic) bond motifs is 1. The summed E-state index contributed by atoms with van der Waals surface area (Å²) < 4.78 is 5.76. The van der Waals surface area contributed by atoms with Gasteiger partial charge >= 0.3 is 0 Å². The highest BCUT2D eigenvalue weighted by molar-refractivity contribution is 7.12. The van der Waals surface area contributed by atoms with E-state index >= 15 is 0 Å². The second-order valence-corrected chi connectivity index (χ2v) is 6.95. The lowest BCUT2D eigenvalue weighted by molar-refractivity contribution is 0.102. The maximum Gasteiger partial charge on any atom is 0.255 e. The van der Waals surface area contributed by atoms with Crippen molar-refractivity contribution in [3.05, 3.63) is 87.3 Å². The zero-order valence-corrected chi connectivity index (χ0v) is 14.9. The first-order valence-electron chi connectivity index (χ1n) is 7.80. The Morgan fingerprint density at radius 3 is 2.46 bits per heavy atom. The number of rotatable bonds is 4. The first kappa shape index (κ1) is 16.6. The van der Waals surface area contributed by atoms with E-state index in [9.17, 15) is 9.59 Å². The third kappa shape index (κ3) is 3.03. The second-order valence-electron chi connectivity index (χ2n) is 5.57. The van der Waals surface area contributed by atoms with Crippen molar-refractivity contribution in [3.63, 3.8) is 0 Å². The van der Waals surface area contributed by atoms with E-state index in [1.54, 1.807) is 42.5 Å². The van der Waals surface area contributed by atoms with Crippen molar-refractivity contribution in [3.8, 4) is 0 Å². The molecule has 2 aromatic heterocycles. The fraction of sp³-hybridized carbons (Fsp3) is 0. The molecule has 0 radical (unpaired) electrons. The molecule has 0 atom stereocenters. The third-order valence-electron chi connectivity index (χ3n) is 3.89. The van der Waals surface area contributed by atoms with Gasteiger partial charge in [-0.15, -0.1) is 11.3 Å². The van der Waals surface area contributed by atoms with Crippen LogP contribution < -0.4 is 5.32 Å². The fourth-order valence-electron chi connectivity index (χ4n) is 2.64. The molecule has 0 saturated heterocycles. The highest BCUT2D eigenvalue weighted by Crippen LogP contribution is 2.33. The number of ketones is 1. The maximum atomic E-state index is 12.8. The predicted octanol–water partition coefficient (Wildman–Crippen LogP) is 5.63. The van der Waals surface area contributed by atoms with E-state index in [4.69, 9.17) is 16.0 Å². The summed E-state index contributed by atoms with van der Waals surface area (Å²) in [6.45, 7) is 0. The smallest absolute Gasteiger partial charge is 0.255 e. The van der Waals surface area contributed by atoms with Crippen LogP contribution in [0.5, 0.6) is 0 Å². The van der Waals surface area contributed by atoms with Crippen LogP contribution in [0, 0.1) is 0 Å². The monoisotopic (exact) mass is 381 g/mol. The average Bonchev–Trinajstić information content (AvgIpc) is 3.30. The summed E-state index contributed by atoms with van der Waals surface area (Å²) in [4.78, 5) is 26.0. The van der Waals surface area contributed by atoms with Gasteiger partial charge in [0.15, 0.2) is 5.76 Å². The molecule has 0 saturated carbocycles. The Balaban J connectivity index is 1.77. The minimum absolute atomic E-state index is 0.121. The predicted molar refractivity (Wildman–Crippen MR) is 103 cm³/mol. The summed E-state index contributed by atoms with van der Waals surface area (Å²) in [6, 6.07) is 17.3. The molecule has 128 valence electrons. The highest BCUT2D eigenvalue weighted by atomic mass is 35.5. The van der Waals surface area contributed by atoms with Crippen LogP contribution >= 0.6 is 22.9 Å². The summed E-state index contributed by atoms with van der Waals surface area (Å²) in [6.07, 6.45) is 0. The Morgan fingerprint density at radius 1 is 0.962 bits per heavy atom. The Morgan fingerprint density at radius 2 is 1.73 bits per heavy atom. The average molecular weight is 382 g/mol. The highest BCUT2D eigenvalue weighted by Gasteiger charge is 2.24.